The highest BCUT2D eigenvalue weighted by Gasteiger charge is 2.27. The molecule has 0 spiro atoms. The summed E-state index contributed by atoms with van der Waals surface area (Å²) in [6.07, 6.45) is -4.31. The first-order chi connectivity index (χ1) is 9.60. The first-order valence-corrected chi connectivity index (χ1v) is 6.96. The second kappa shape index (κ2) is 6.88. The van der Waals surface area contributed by atoms with Crippen LogP contribution in [0.25, 0.3) is 0 Å². The highest BCUT2D eigenvalue weighted by Crippen LogP contribution is 2.21. The highest BCUT2D eigenvalue weighted by atomic mass is 32.2. The Balaban J connectivity index is 2.52. The number of alkyl halides is 3. The molecule has 0 aliphatic heterocycles. The summed E-state index contributed by atoms with van der Waals surface area (Å²) in [6, 6.07) is 1.30. The minimum Gasteiger partial charge on any atom is -0.478 e. The molecule has 0 bridgehead atoms. The Morgan fingerprint density at radius 3 is 2.52 bits per heavy atom. The van der Waals surface area contributed by atoms with Crippen LogP contribution in [0.5, 0.6) is 0 Å². The molecule has 0 atom stereocenters. The van der Waals surface area contributed by atoms with Gasteiger partial charge in [0.15, 0.2) is 0 Å². The Hall–Kier alpha value is -1.64. The van der Waals surface area contributed by atoms with E-state index < -0.39 is 23.8 Å². The number of aromatic carboxylic acids is 1. The van der Waals surface area contributed by atoms with E-state index in [1.165, 1.54) is 24.9 Å². The Morgan fingerprint density at radius 1 is 1.43 bits per heavy atom. The van der Waals surface area contributed by atoms with Crippen LogP contribution < -0.4 is 0 Å². The molecule has 1 rings (SSSR count). The maximum atomic E-state index is 12.0. The number of carboxylic acids is 1. The van der Waals surface area contributed by atoms with Gasteiger partial charge in [-0.2, -0.15) is 13.2 Å². The lowest BCUT2D eigenvalue weighted by molar-refractivity contribution is -0.127. The monoisotopic (exact) mass is 325 g/mol. The van der Waals surface area contributed by atoms with Crippen molar-refractivity contribution in [3.8, 4) is 0 Å². The fraction of sp³-hybridized carbons (Fsp3) is 0.500. The summed E-state index contributed by atoms with van der Waals surface area (Å²) in [6.45, 7) is 1.48. The van der Waals surface area contributed by atoms with Gasteiger partial charge in [-0.15, -0.1) is 11.8 Å². The number of aryl methyl sites for hydroxylation is 1. The largest absolute Gasteiger partial charge is 0.478 e. The van der Waals surface area contributed by atoms with Crippen LogP contribution in [0.3, 0.4) is 0 Å². The Kier molecular flexibility index (Phi) is 5.70. The van der Waals surface area contributed by atoms with Crippen molar-refractivity contribution in [3.63, 3.8) is 0 Å². The number of carbonyl (C=O) groups excluding carboxylic acids is 1. The number of amides is 1. The van der Waals surface area contributed by atoms with Gasteiger partial charge in [-0.1, -0.05) is 0 Å². The van der Waals surface area contributed by atoms with Gasteiger partial charge in [0.25, 0.3) is 0 Å². The number of halogens is 3. The van der Waals surface area contributed by atoms with Gasteiger partial charge in [0.2, 0.25) is 5.91 Å². The summed E-state index contributed by atoms with van der Waals surface area (Å²) in [4.78, 5) is 23.7. The number of thioether (sulfide) groups is 1. The van der Waals surface area contributed by atoms with Crippen molar-refractivity contribution in [1.82, 2.24) is 4.90 Å². The summed E-state index contributed by atoms with van der Waals surface area (Å²) < 4.78 is 41.1. The van der Waals surface area contributed by atoms with Crippen LogP contribution in [-0.4, -0.2) is 46.6 Å². The fourth-order valence-electron chi connectivity index (χ4n) is 1.52. The molecule has 1 aromatic rings. The molecule has 0 fully saturated rings. The molecule has 21 heavy (non-hydrogen) atoms. The maximum absolute atomic E-state index is 12.0. The van der Waals surface area contributed by atoms with Gasteiger partial charge >= 0.3 is 12.1 Å². The van der Waals surface area contributed by atoms with E-state index >= 15 is 0 Å². The molecular weight excluding hydrogens is 311 g/mol. The molecule has 1 heterocycles. The van der Waals surface area contributed by atoms with Crippen LogP contribution in [0.2, 0.25) is 0 Å². The van der Waals surface area contributed by atoms with Crippen molar-refractivity contribution in [2.45, 2.75) is 19.6 Å². The summed E-state index contributed by atoms with van der Waals surface area (Å²) in [5.41, 5.74) is -0.00250. The normalized spacial score (nSPS) is 11.5. The molecule has 0 aliphatic carbocycles. The van der Waals surface area contributed by atoms with E-state index in [1.807, 2.05) is 0 Å². The van der Waals surface area contributed by atoms with Crippen LogP contribution in [-0.2, 0) is 11.3 Å². The fourth-order valence-corrected chi connectivity index (χ4v) is 2.25. The topological polar surface area (TPSA) is 70.8 Å². The van der Waals surface area contributed by atoms with Gasteiger partial charge in [-0.25, -0.2) is 4.79 Å². The maximum Gasteiger partial charge on any atom is 0.397 e. The number of carboxylic acid groups (broad SMARTS) is 1. The first kappa shape index (κ1) is 17.4. The molecule has 1 N–H and O–H groups in total. The zero-order valence-corrected chi connectivity index (χ0v) is 12.2. The summed E-state index contributed by atoms with van der Waals surface area (Å²) in [7, 11) is 1.41. The van der Waals surface area contributed by atoms with Crippen LogP contribution in [0, 0.1) is 6.92 Å². The van der Waals surface area contributed by atoms with Crippen molar-refractivity contribution >= 4 is 23.6 Å². The van der Waals surface area contributed by atoms with Gasteiger partial charge in [0.1, 0.15) is 17.1 Å². The van der Waals surface area contributed by atoms with Crippen LogP contribution >= 0.6 is 11.8 Å². The number of rotatable bonds is 6. The zero-order valence-electron chi connectivity index (χ0n) is 11.4. The second-order valence-corrected chi connectivity index (χ2v) is 5.33. The predicted octanol–water partition coefficient (Wildman–Crippen LogP) is 2.54. The summed E-state index contributed by atoms with van der Waals surface area (Å²) >= 11 is 0.480. The average Bonchev–Trinajstić information content (AvgIpc) is 2.68. The molecule has 9 heteroatoms. The van der Waals surface area contributed by atoms with Gasteiger partial charge in [-0.3, -0.25) is 4.79 Å². The van der Waals surface area contributed by atoms with E-state index in [4.69, 9.17) is 9.52 Å². The molecule has 1 amide bonds. The van der Waals surface area contributed by atoms with Gasteiger partial charge in [0, 0.05) is 7.05 Å². The van der Waals surface area contributed by atoms with Crippen molar-refractivity contribution in [3.05, 3.63) is 23.2 Å². The summed E-state index contributed by atoms with van der Waals surface area (Å²) in [5.74, 6) is -2.55. The molecule has 5 nitrogen and oxygen atoms in total. The third-order valence-corrected chi connectivity index (χ3v) is 3.49. The minimum atomic E-state index is -4.31. The molecule has 0 aromatic carbocycles. The molecule has 1 aromatic heterocycles. The number of nitrogens with zero attached hydrogens (tertiary/aromatic N) is 1. The van der Waals surface area contributed by atoms with Crippen LogP contribution in [0.4, 0.5) is 13.2 Å². The van der Waals surface area contributed by atoms with Gasteiger partial charge in [0.05, 0.1) is 18.1 Å². The lowest BCUT2D eigenvalue weighted by Crippen LogP contribution is -2.28. The smallest absolute Gasteiger partial charge is 0.397 e. The van der Waals surface area contributed by atoms with E-state index in [0.717, 1.165) is 0 Å². The molecule has 0 saturated heterocycles. The standard InChI is InChI=1S/C12H14F3NO4S/c1-7-9(11(18)19)3-8(20-7)4-16(2)10(17)5-21-6-12(13,14)15/h3H,4-6H2,1-2H3,(H,18,19). The van der Waals surface area contributed by atoms with Crippen LogP contribution in [0.15, 0.2) is 10.5 Å². The van der Waals surface area contributed by atoms with Crippen molar-refractivity contribution in [2.24, 2.45) is 0 Å². The average molecular weight is 325 g/mol. The zero-order chi connectivity index (χ0) is 16.2. The Bertz CT molecular complexity index is 527. The SMILES string of the molecule is Cc1oc(CN(C)C(=O)CSCC(F)(F)F)cc1C(=O)O. The van der Waals surface area contributed by atoms with E-state index in [0.29, 0.717) is 11.8 Å². The number of hydrogen-bond donors (Lipinski definition) is 1. The second-order valence-electron chi connectivity index (χ2n) is 4.35. The van der Waals surface area contributed by atoms with E-state index in [9.17, 15) is 22.8 Å². The molecule has 0 unspecified atom stereocenters. The third-order valence-electron chi connectivity index (χ3n) is 2.51. The molecule has 118 valence electrons. The van der Waals surface area contributed by atoms with E-state index in [1.54, 1.807) is 0 Å². The lowest BCUT2D eigenvalue weighted by Gasteiger charge is -2.15. The van der Waals surface area contributed by atoms with Crippen molar-refractivity contribution in [2.75, 3.05) is 18.6 Å². The van der Waals surface area contributed by atoms with Crippen molar-refractivity contribution in [1.29, 1.82) is 0 Å². The lowest BCUT2D eigenvalue weighted by atomic mass is 10.2. The number of furan rings is 1. The molecular formula is C12H14F3NO4S. The van der Waals surface area contributed by atoms with Gasteiger partial charge in [-0.05, 0) is 13.0 Å². The molecule has 0 aliphatic rings. The Labute approximate surface area is 123 Å². The quantitative estimate of drug-likeness (QED) is 0.870. The van der Waals surface area contributed by atoms with Gasteiger partial charge < -0.3 is 14.4 Å². The Morgan fingerprint density at radius 2 is 2.05 bits per heavy atom. The van der Waals surface area contributed by atoms with E-state index in [-0.39, 0.29) is 29.4 Å². The first-order valence-electron chi connectivity index (χ1n) is 5.81. The number of carbonyl (C=O) groups is 2. The van der Waals surface area contributed by atoms with Crippen LogP contribution in [0.1, 0.15) is 21.9 Å². The third kappa shape index (κ3) is 5.70. The molecule has 0 saturated carbocycles. The van der Waals surface area contributed by atoms with Crippen molar-refractivity contribution < 1.29 is 32.3 Å². The minimum absolute atomic E-state index is 0.000465. The predicted molar refractivity (Wildman–Crippen MR) is 70.3 cm³/mol. The highest BCUT2D eigenvalue weighted by molar-refractivity contribution is 8.00. The van der Waals surface area contributed by atoms with E-state index in [2.05, 4.69) is 0 Å². The summed E-state index contributed by atoms with van der Waals surface area (Å²) in [5, 5.41) is 8.86. The molecule has 0 radical (unpaired) electrons. The number of hydrogen-bond acceptors (Lipinski definition) is 4.